The van der Waals surface area contributed by atoms with Crippen molar-refractivity contribution in [3.8, 4) is 11.3 Å². The molecule has 0 saturated carbocycles. The quantitative estimate of drug-likeness (QED) is 0.323. The number of hydrogen-bond donors (Lipinski definition) is 1. The van der Waals surface area contributed by atoms with Gasteiger partial charge in [0.25, 0.3) is 0 Å². The molecular weight excluding hydrogens is 444 g/mol. The van der Waals surface area contributed by atoms with E-state index in [9.17, 15) is 5.11 Å². The van der Waals surface area contributed by atoms with Gasteiger partial charge in [-0.15, -0.1) is 5.10 Å². The average Bonchev–Trinajstić information content (AvgIpc) is 3.54. The molecule has 5 aromatic rings. The maximum absolute atomic E-state index is 11.9. The largest absolute Gasteiger partial charge is 0.381 e. The van der Waals surface area contributed by atoms with Gasteiger partial charge in [0.2, 0.25) is 0 Å². The van der Waals surface area contributed by atoms with E-state index in [0.717, 1.165) is 27.7 Å². The highest BCUT2D eigenvalue weighted by Crippen LogP contribution is 2.31. The third-order valence-corrected chi connectivity index (χ3v) is 6.64. The summed E-state index contributed by atoms with van der Waals surface area (Å²) in [6, 6.07) is 30.0. The summed E-state index contributed by atoms with van der Waals surface area (Å²) in [6.45, 7) is 0.513. The number of nitrogens with zero attached hydrogens (tertiary/aromatic N) is 6. The number of aliphatic hydroxyl groups is 1. The van der Waals surface area contributed by atoms with Gasteiger partial charge in [-0.2, -0.15) is 0 Å². The Morgan fingerprint density at radius 3 is 2.18 bits per heavy atom. The lowest BCUT2D eigenvalue weighted by molar-refractivity contribution is -0.00470. The molecule has 0 saturated heterocycles. The van der Waals surface area contributed by atoms with Crippen molar-refractivity contribution in [3.05, 3.63) is 115 Å². The van der Waals surface area contributed by atoms with E-state index >= 15 is 0 Å². The summed E-state index contributed by atoms with van der Waals surface area (Å²) in [7, 11) is 0. The maximum Gasteiger partial charge on any atom is 0.169 e. The zero-order valence-corrected chi connectivity index (χ0v) is 19.3. The minimum atomic E-state index is -1.24. The Balaban J connectivity index is 1.51. The maximum atomic E-state index is 11.9. The van der Waals surface area contributed by atoms with E-state index in [0.29, 0.717) is 6.54 Å². The van der Waals surface area contributed by atoms with Crippen LogP contribution in [0.1, 0.15) is 11.1 Å². The van der Waals surface area contributed by atoms with Gasteiger partial charge in [0, 0.05) is 17.5 Å². The van der Waals surface area contributed by atoms with E-state index in [1.165, 1.54) is 11.9 Å². The molecule has 0 aliphatic heterocycles. The van der Waals surface area contributed by atoms with Crippen molar-refractivity contribution in [1.29, 1.82) is 0 Å². The molecule has 1 N–H and O–H groups in total. The molecule has 1 unspecified atom stereocenters. The van der Waals surface area contributed by atoms with Gasteiger partial charge in [-0.3, -0.25) is 0 Å². The molecule has 0 amide bonds. The summed E-state index contributed by atoms with van der Waals surface area (Å²) in [6.07, 6.45) is 3.53. The Morgan fingerprint density at radius 2 is 1.50 bits per heavy atom. The predicted molar refractivity (Wildman–Crippen MR) is 132 cm³/mol. The van der Waals surface area contributed by atoms with Crippen LogP contribution in [0.5, 0.6) is 0 Å². The second-order valence-corrected chi connectivity index (χ2v) is 9.02. The molecule has 7 nitrogen and oxygen atoms in total. The van der Waals surface area contributed by atoms with Crippen molar-refractivity contribution in [2.24, 2.45) is 0 Å². The number of thioether (sulfide) groups is 1. The van der Waals surface area contributed by atoms with Crippen LogP contribution >= 0.6 is 11.8 Å². The van der Waals surface area contributed by atoms with Crippen molar-refractivity contribution in [2.45, 2.75) is 29.6 Å². The summed E-state index contributed by atoms with van der Waals surface area (Å²) in [5.41, 5.74) is 2.67. The fourth-order valence-electron chi connectivity index (χ4n) is 3.88. The Hall–Kier alpha value is -3.75. The SMILES string of the molecule is OC(Cn1cnnn1)(Cn1cc(-c2ccccc2)nc1SCc1ccccc1)c1ccccc1. The van der Waals surface area contributed by atoms with Crippen molar-refractivity contribution in [3.63, 3.8) is 0 Å². The van der Waals surface area contributed by atoms with Crippen LogP contribution in [-0.2, 0) is 24.4 Å². The van der Waals surface area contributed by atoms with Crippen molar-refractivity contribution < 1.29 is 5.11 Å². The van der Waals surface area contributed by atoms with Crippen LogP contribution in [0.2, 0.25) is 0 Å². The molecule has 0 fully saturated rings. The Kier molecular flexibility index (Phi) is 6.51. The number of imidazole rings is 1. The lowest BCUT2D eigenvalue weighted by Gasteiger charge is -2.29. The smallest absolute Gasteiger partial charge is 0.169 e. The summed E-state index contributed by atoms with van der Waals surface area (Å²) < 4.78 is 3.59. The standard InChI is InChI=1S/C26H24N6OS/c33-26(19-32-20-27-29-30-32,23-14-8-3-9-15-23)18-31-16-24(22-12-6-2-7-13-22)28-25(31)34-17-21-10-4-1-5-11-21/h1-16,20,33H,17-19H2. The van der Waals surface area contributed by atoms with Crippen molar-refractivity contribution >= 4 is 11.8 Å². The fourth-order valence-corrected chi connectivity index (χ4v) is 4.82. The number of benzene rings is 3. The van der Waals surface area contributed by atoms with Crippen LogP contribution in [0.3, 0.4) is 0 Å². The zero-order chi connectivity index (χ0) is 23.2. The number of hydrogen-bond acceptors (Lipinski definition) is 6. The van der Waals surface area contributed by atoms with Crippen molar-refractivity contribution in [1.82, 2.24) is 29.8 Å². The highest BCUT2D eigenvalue weighted by molar-refractivity contribution is 7.98. The van der Waals surface area contributed by atoms with E-state index in [1.54, 1.807) is 16.4 Å². The molecule has 0 radical (unpaired) electrons. The van der Waals surface area contributed by atoms with Crippen LogP contribution in [0, 0.1) is 0 Å². The van der Waals surface area contributed by atoms with E-state index in [2.05, 4.69) is 27.7 Å². The molecule has 8 heteroatoms. The number of rotatable bonds is 9. The third-order valence-electron chi connectivity index (χ3n) is 5.58. The average molecular weight is 469 g/mol. The van der Waals surface area contributed by atoms with Gasteiger partial charge in [0.05, 0.1) is 18.8 Å². The van der Waals surface area contributed by atoms with Crippen molar-refractivity contribution in [2.75, 3.05) is 0 Å². The first kappa shape index (κ1) is 22.1. The van der Waals surface area contributed by atoms with Crippen LogP contribution in [-0.4, -0.2) is 34.9 Å². The molecule has 0 bridgehead atoms. The first-order valence-electron chi connectivity index (χ1n) is 11.0. The Morgan fingerprint density at radius 1 is 0.824 bits per heavy atom. The van der Waals surface area contributed by atoms with Gasteiger partial charge in [-0.1, -0.05) is 103 Å². The van der Waals surface area contributed by atoms with E-state index in [-0.39, 0.29) is 6.54 Å². The topological polar surface area (TPSA) is 81.6 Å². The summed E-state index contributed by atoms with van der Waals surface area (Å²) in [4.78, 5) is 4.94. The van der Waals surface area contributed by atoms with E-state index < -0.39 is 5.60 Å². The number of tetrazole rings is 1. The van der Waals surface area contributed by atoms with Crippen LogP contribution in [0.15, 0.2) is 109 Å². The molecule has 170 valence electrons. The highest BCUT2D eigenvalue weighted by atomic mass is 32.2. The van der Waals surface area contributed by atoms with Crippen LogP contribution in [0.4, 0.5) is 0 Å². The van der Waals surface area contributed by atoms with Gasteiger partial charge >= 0.3 is 0 Å². The fraction of sp³-hybridized carbons (Fsp3) is 0.154. The first-order valence-corrected chi connectivity index (χ1v) is 12.0. The van der Waals surface area contributed by atoms with Gasteiger partial charge in [0.15, 0.2) is 5.16 Å². The molecule has 0 spiro atoms. The minimum Gasteiger partial charge on any atom is -0.381 e. The zero-order valence-electron chi connectivity index (χ0n) is 18.5. The predicted octanol–water partition coefficient (Wildman–Crippen LogP) is 4.42. The molecule has 34 heavy (non-hydrogen) atoms. The van der Waals surface area contributed by atoms with Gasteiger partial charge in [0.1, 0.15) is 11.9 Å². The molecule has 2 heterocycles. The van der Waals surface area contributed by atoms with E-state index in [1.807, 2.05) is 89.6 Å². The molecule has 1 atom stereocenters. The van der Waals surface area contributed by atoms with Gasteiger partial charge in [-0.25, -0.2) is 9.67 Å². The second kappa shape index (κ2) is 10.0. The van der Waals surface area contributed by atoms with Crippen LogP contribution in [0.25, 0.3) is 11.3 Å². The lowest BCUT2D eigenvalue weighted by atomic mass is 9.93. The highest BCUT2D eigenvalue weighted by Gasteiger charge is 2.32. The molecule has 2 aromatic heterocycles. The molecule has 3 aromatic carbocycles. The van der Waals surface area contributed by atoms with Crippen LogP contribution < -0.4 is 0 Å². The monoisotopic (exact) mass is 468 g/mol. The summed E-state index contributed by atoms with van der Waals surface area (Å²) >= 11 is 1.65. The first-order chi connectivity index (χ1) is 16.7. The molecule has 0 aliphatic carbocycles. The summed E-state index contributed by atoms with van der Waals surface area (Å²) in [5.74, 6) is 0.781. The Labute approximate surface area is 202 Å². The molecule has 0 aliphatic rings. The second-order valence-electron chi connectivity index (χ2n) is 8.08. The normalized spacial score (nSPS) is 13.0. The van der Waals surface area contributed by atoms with Gasteiger partial charge in [-0.05, 0) is 21.6 Å². The third kappa shape index (κ3) is 5.08. The lowest BCUT2D eigenvalue weighted by Crippen LogP contribution is -2.36. The van der Waals surface area contributed by atoms with E-state index in [4.69, 9.17) is 4.98 Å². The minimum absolute atomic E-state index is 0.214. The molecule has 5 rings (SSSR count). The summed E-state index contributed by atoms with van der Waals surface area (Å²) in [5, 5.41) is 24.2. The Bertz CT molecular complexity index is 1310. The number of aromatic nitrogens is 6. The molecular formula is C26H24N6OS. The van der Waals surface area contributed by atoms with Gasteiger partial charge < -0.3 is 9.67 Å².